The molecule has 1 saturated carbocycles. The van der Waals surface area contributed by atoms with Crippen LogP contribution in [0.2, 0.25) is 0 Å². The van der Waals surface area contributed by atoms with Crippen LogP contribution in [0.1, 0.15) is 24.0 Å². The van der Waals surface area contributed by atoms with Crippen molar-refractivity contribution in [3.63, 3.8) is 0 Å². The fraction of sp³-hybridized carbons (Fsp3) is 0.381. The Hall–Kier alpha value is -1.99. The van der Waals surface area contributed by atoms with Gasteiger partial charge in [-0.2, -0.15) is 0 Å². The first kappa shape index (κ1) is 20.7. The predicted molar refractivity (Wildman–Crippen MR) is 117 cm³/mol. The molecule has 1 aliphatic carbocycles. The Kier molecular flexibility index (Phi) is 6.67. The lowest BCUT2D eigenvalue weighted by atomic mass is 10.1. The molecule has 2 N–H and O–H groups in total. The van der Waals surface area contributed by atoms with Crippen molar-refractivity contribution in [1.29, 1.82) is 0 Å². The van der Waals surface area contributed by atoms with Crippen molar-refractivity contribution in [2.24, 2.45) is 4.99 Å². The standard InChI is InChI=1S/C21H27N3O2S2/c1-22-20(23-14-17-8-10-18(11-9-17)15-28(2,25)26)24-16-21(12-13-21)27-19-6-4-3-5-7-19/h3-11H,12-16H2,1-2H3,(H2,22,23,24). The van der Waals surface area contributed by atoms with Crippen LogP contribution in [0.15, 0.2) is 64.5 Å². The van der Waals surface area contributed by atoms with Crippen LogP contribution in [0.4, 0.5) is 0 Å². The summed E-state index contributed by atoms with van der Waals surface area (Å²) in [7, 11) is -1.23. The van der Waals surface area contributed by atoms with Crippen LogP contribution in [0, 0.1) is 0 Å². The van der Waals surface area contributed by atoms with Gasteiger partial charge < -0.3 is 10.6 Å². The fourth-order valence-electron chi connectivity index (χ4n) is 2.90. The van der Waals surface area contributed by atoms with E-state index in [1.165, 1.54) is 24.0 Å². The van der Waals surface area contributed by atoms with Crippen LogP contribution in [-0.4, -0.2) is 39.0 Å². The Morgan fingerprint density at radius 2 is 1.68 bits per heavy atom. The van der Waals surface area contributed by atoms with E-state index in [0.717, 1.165) is 23.6 Å². The van der Waals surface area contributed by atoms with E-state index in [4.69, 9.17) is 0 Å². The van der Waals surface area contributed by atoms with Crippen molar-refractivity contribution in [3.05, 3.63) is 65.7 Å². The van der Waals surface area contributed by atoms with Gasteiger partial charge in [0.15, 0.2) is 15.8 Å². The van der Waals surface area contributed by atoms with Crippen LogP contribution in [0.5, 0.6) is 0 Å². The molecule has 2 aromatic rings. The monoisotopic (exact) mass is 417 g/mol. The number of hydrogen-bond donors (Lipinski definition) is 2. The third-order valence-electron chi connectivity index (χ3n) is 4.60. The van der Waals surface area contributed by atoms with Gasteiger partial charge in [0.05, 0.1) is 5.75 Å². The Morgan fingerprint density at radius 3 is 2.25 bits per heavy atom. The van der Waals surface area contributed by atoms with E-state index in [0.29, 0.717) is 6.54 Å². The number of benzene rings is 2. The van der Waals surface area contributed by atoms with Crippen molar-refractivity contribution in [2.75, 3.05) is 19.8 Å². The average molecular weight is 418 g/mol. The molecule has 0 saturated heterocycles. The van der Waals surface area contributed by atoms with E-state index in [9.17, 15) is 8.42 Å². The van der Waals surface area contributed by atoms with Gasteiger partial charge in [-0.1, -0.05) is 42.5 Å². The fourth-order valence-corrected chi connectivity index (χ4v) is 4.94. The van der Waals surface area contributed by atoms with E-state index in [-0.39, 0.29) is 10.5 Å². The highest BCUT2D eigenvalue weighted by atomic mass is 32.2. The number of nitrogens with zero attached hydrogens (tertiary/aromatic N) is 1. The summed E-state index contributed by atoms with van der Waals surface area (Å²) in [6.45, 7) is 1.51. The highest BCUT2D eigenvalue weighted by molar-refractivity contribution is 8.01. The molecule has 0 aliphatic heterocycles. The lowest BCUT2D eigenvalue weighted by Gasteiger charge is -2.18. The quantitative estimate of drug-likeness (QED) is 0.510. The zero-order chi connectivity index (χ0) is 20.0. The van der Waals surface area contributed by atoms with E-state index < -0.39 is 9.84 Å². The number of nitrogens with one attached hydrogen (secondary N) is 2. The Bertz CT molecular complexity index is 906. The summed E-state index contributed by atoms with van der Waals surface area (Å²) in [6.07, 6.45) is 3.66. The number of rotatable bonds is 8. The molecule has 0 bridgehead atoms. The summed E-state index contributed by atoms with van der Waals surface area (Å²) in [6, 6.07) is 18.1. The largest absolute Gasteiger partial charge is 0.355 e. The van der Waals surface area contributed by atoms with E-state index in [1.54, 1.807) is 7.05 Å². The molecule has 28 heavy (non-hydrogen) atoms. The maximum atomic E-state index is 11.4. The second kappa shape index (κ2) is 9.01. The SMILES string of the molecule is CN=C(NCc1ccc(CS(C)(=O)=O)cc1)NCC1(Sc2ccccc2)CC1. The molecule has 3 rings (SSSR count). The number of aliphatic imine (C=N–C) groups is 1. The predicted octanol–water partition coefficient (Wildman–Crippen LogP) is 3.22. The van der Waals surface area contributed by atoms with Gasteiger partial charge >= 0.3 is 0 Å². The molecule has 1 fully saturated rings. The van der Waals surface area contributed by atoms with Gasteiger partial charge in [-0.3, -0.25) is 4.99 Å². The molecule has 0 aromatic heterocycles. The average Bonchev–Trinajstić information content (AvgIpc) is 3.42. The summed E-state index contributed by atoms with van der Waals surface area (Å²) in [5.41, 5.74) is 1.89. The highest BCUT2D eigenvalue weighted by Gasteiger charge is 2.43. The van der Waals surface area contributed by atoms with Crippen LogP contribution >= 0.6 is 11.8 Å². The van der Waals surface area contributed by atoms with Crippen molar-refractivity contribution in [3.8, 4) is 0 Å². The van der Waals surface area contributed by atoms with Gasteiger partial charge in [-0.25, -0.2) is 8.42 Å². The molecule has 0 spiro atoms. The van der Waals surface area contributed by atoms with Crippen LogP contribution in [-0.2, 0) is 22.1 Å². The van der Waals surface area contributed by atoms with E-state index in [2.05, 4.69) is 39.9 Å². The third kappa shape index (κ3) is 6.56. The smallest absolute Gasteiger partial charge is 0.191 e. The van der Waals surface area contributed by atoms with E-state index >= 15 is 0 Å². The second-order valence-corrected chi connectivity index (χ2v) is 10.9. The van der Waals surface area contributed by atoms with Gasteiger partial charge in [0.2, 0.25) is 0 Å². The molecule has 0 radical (unpaired) electrons. The maximum Gasteiger partial charge on any atom is 0.191 e. The zero-order valence-electron chi connectivity index (χ0n) is 16.3. The lowest BCUT2D eigenvalue weighted by molar-refractivity contribution is 0.601. The molecular formula is C21H27N3O2S2. The molecule has 7 heteroatoms. The molecule has 0 heterocycles. The first-order chi connectivity index (χ1) is 13.4. The minimum Gasteiger partial charge on any atom is -0.355 e. The summed E-state index contributed by atoms with van der Waals surface area (Å²) in [4.78, 5) is 5.62. The summed E-state index contributed by atoms with van der Waals surface area (Å²) >= 11 is 1.94. The number of guanidine groups is 1. The van der Waals surface area contributed by atoms with Gasteiger partial charge in [0.1, 0.15) is 0 Å². The highest BCUT2D eigenvalue weighted by Crippen LogP contribution is 2.51. The molecule has 1 aliphatic rings. The molecule has 150 valence electrons. The molecule has 2 aromatic carbocycles. The number of sulfone groups is 1. The van der Waals surface area contributed by atoms with Crippen LogP contribution < -0.4 is 10.6 Å². The number of thioether (sulfide) groups is 1. The molecule has 5 nitrogen and oxygen atoms in total. The van der Waals surface area contributed by atoms with Crippen LogP contribution in [0.3, 0.4) is 0 Å². The van der Waals surface area contributed by atoms with Crippen molar-refractivity contribution >= 4 is 27.6 Å². The van der Waals surface area contributed by atoms with Gasteiger partial charge in [-0.05, 0) is 36.1 Å². The number of hydrogen-bond acceptors (Lipinski definition) is 4. The zero-order valence-corrected chi connectivity index (χ0v) is 17.9. The van der Waals surface area contributed by atoms with Crippen molar-refractivity contribution in [1.82, 2.24) is 10.6 Å². The minimum absolute atomic E-state index is 0.0745. The second-order valence-electron chi connectivity index (χ2n) is 7.26. The van der Waals surface area contributed by atoms with Crippen molar-refractivity contribution < 1.29 is 8.42 Å². The van der Waals surface area contributed by atoms with E-state index in [1.807, 2.05) is 42.1 Å². The van der Waals surface area contributed by atoms with Gasteiger partial charge in [0.25, 0.3) is 0 Å². The molecule has 0 amide bonds. The minimum atomic E-state index is -3.00. The molecular weight excluding hydrogens is 390 g/mol. The maximum absolute atomic E-state index is 11.4. The normalized spacial score (nSPS) is 15.9. The summed E-state index contributed by atoms with van der Waals surface area (Å²) in [5, 5.41) is 6.77. The first-order valence-corrected chi connectivity index (χ1v) is 12.2. The van der Waals surface area contributed by atoms with Crippen molar-refractivity contribution in [2.45, 2.75) is 34.8 Å². The topological polar surface area (TPSA) is 70.6 Å². The Labute approximate surface area is 172 Å². The molecule has 0 atom stereocenters. The van der Waals surface area contributed by atoms with Crippen LogP contribution in [0.25, 0.3) is 0 Å². The summed E-state index contributed by atoms with van der Waals surface area (Å²) in [5.74, 6) is 0.852. The lowest BCUT2D eigenvalue weighted by Crippen LogP contribution is -2.40. The van der Waals surface area contributed by atoms with Gasteiger partial charge in [-0.15, -0.1) is 11.8 Å². The third-order valence-corrected chi connectivity index (χ3v) is 6.95. The summed E-state index contributed by atoms with van der Waals surface area (Å²) < 4.78 is 23.0. The Balaban J connectivity index is 1.47. The Morgan fingerprint density at radius 1 is 1.04 bits per heavy atom. The first-order valence-electron chi connectivity index (χ1n) is 9.32. The molecule has 0 unspecified atom stereocenters. The van der Waals surface area contributed by atoms with Gasteiger partial charge in [0, 0.05) is 36.0 Å².